The van der Waals surface area contributed by atoms with Gasteiger partial charge in [-0.1, -0.05) is 19.9 Å². The fourth-order valence-corrected chi connectivity index (χ4v) is 2.21. The summed E-state index contributed by atoms with van der Waals surface area (Å²) in [6.45, 7) is 6.27. The predicted molar refractivity (Wildman–Crippen MR) is 77.5 cm³/mol. The minimum Gasteiger partial charge on any atom is -0.328 e. The molecule has 0 saturated carbocycles. The van der Waals surface area contributed by atoms with Crippen molar-refractivity contribution < 1.29 is 0 Å². The van der Waals surface area contributed by atoms with Crippen LogP contribution in [0, 0.1) is 0 Å². The van der Waals surface area contributed by atoms with Gasteiger partial charge in [0.25, 0.3) is 0 Å². The lowest BCUT2D eigenvalue weighted by Crippen LogP contribution is -2.20. The van der Waals surface area contributed by atoms with Gasteiger partial charge in [0, 0.05) is 17.9 Å². The van der Waals surface area contributed by atoms with E-state index in [9.17, 15) is 0 Å². The maximum atomic E-state index is 5.92. The molecular weight excluding hydrogens is 236 g/mol. The van der Waals surface area contributed by atoms with Crippen LogP contribution < -0.4 is 5.73 Å². The van der Waals surface area contributed by atoms with Crippen molar-refractivity contribution >= 4 is 0 Å². The highest BCUT2D eigenvalue weighted by Crippen LogP contribution is 2.17. The van der Waals surface area contributed by atoms with Crippen LogP contribution in [-0.4, -0.2) is 20.8 Å². The number of nitrogens with zero attached hydrogens (tertiary/aromatic N) is 3. The van der Waals surface area contributed by atoms with Crippen LogP contribution in [0.5, 0.6) is 0 Å². The molecule has 0 bridgehead atoms. The molecule has 1 atom stereocenters. The second kappa shape index (κ2) is 5.97. The summed E-state index contributed by atoms with van der Waals surface area (Å²) in [5.74, 6) is 0.913. The van der Waals surface area contributed by atoms with Crippen LogP contribution in [0.2, 0.25) is 0 Å². The van der Waals surface area contributed by atoms with E-state index in [-0.39, 0.29) is 6.04 Å². The maximum absolute atomic E-state index is 5.92. The molecule has 102 valence electrons. The summed E-state index contributed by atoms with van der Waals surface area (Å²) in [6.07, 6.45) is 4.51. The second-order valence-electron chi connectivity index (χ2n) is 4.91. The van der Waals surface area contributed by atoms with Crippen molar-refractivity contribution in [1.29, 1.82) is 0 Å². The van der Waals surface area contributed by atoms with Crippen LogP contribution in [0.4, 0.5) is 0 Å². The van der Waals surface area contributed by atoms with Gasteiger partial charge in [0.2, 0.25) is 0 Å². The predicted octanol–water partition coefficient (Wildman–Crippen LogP) is 2.28. The topological polar surface area (TPSA) is 56.7 Å². The molecular formula is C15H22N4. The molecule has 0 aliphatic rings. The molecule has 0 saturated heterocycles. The minimum atomic E-state index is 0.120. The molecule has 0 amide bonds. The highest BCUT2D eigenvalue weighted by atomic mass is 15.3. The van der Waals surface area contributed by atoms with Gasteiger partial charge in [-0.3, -0.25) is 0 Å². The van der Waals surface area contributed by atoms with Crippen LogP contribution >= 0.6 is 0 Å². The monoisotopic (exact) mass is 258 g/mol. The van der Waals surface area contributed by atoms with E-state index in [0.717, 1.165) is 36.3 Å². The number of nitrogens with two attached hydrogens (primary N) is 1. The van der Waals surface area contributed by atoms with Gasteiger partial charge in [-0.05, 0) is 43.9 Å². The third-order valence-corrected chi connectivity index (χ3v) is 3.17. The summed E-state index contributed by atoms with van der Waals surface area (Å²) in [5, 5.41) is 4.65. The highest BCUT2D eigenvalue weighted by Gasteiger charge is 2.13. The van der Waals surface area contributed by atoms with Gasteiger partial charge < -0.3 is 5.73 Å². The molecule has 4 heteroatoms. The number of rotatable bonds is 5. The Labute approximate surface area is 114 Å². The van der Waals surface area contributed by atoms with E-state index < -0.39 is 0 Å². The van der Waals surface area contributed by atoms with Crippen molar-refractivity contribution in [1.82, 2.24) is 14.8 Å². The van der Waals surface area contributed by atoms with Crippen molar-refractivity contribution in [2.75, 3.05) is 0 Å². The van der Waals surface area contributed by atoms with E-state index in [1.165, 1.54) is 5.69 Å². The lowest BCUT2D eigenvalue weighted by molar-refractivity contribution is 0.708. The van der Waals surface area contributed by atoms with E-state index in [1.54, 1.807) is 0 Å². The zero-order valence-corrected chi connectivity index (χ0v) is 11.9. The molecule has 2 N–H and O–H groups in total. The summed E-state index contributed by atoms with van der Waals surface area (Å²) in [7, 11) is 0. The van der Waals surface area contributed by atoms with Crippen molar-refractivity contribution in [3.8, 4) is 5.82 Å². The Balaban J connectivity index is 2.48. The second-order valence-corrected chi connectivity index (χ2v) is 4.91. The average Bonchev–Trinajstić information content (AvgIpc) is 2.82. The van der Waals surface area contributed by atoms with Crippen LogP contribution in [0.15, 0.2) is 24.4 Å². The molecule has 0 aromatic carbocycles. The van der Waals surface area contributed by atoms with Gasteiger partial charge in [0.1, 0.15) is 0 Å². The Bertz CT molecular complexity index is 543. The van der Waals surface area contributed by atoms with Crippen LogP contribution in [0.1, 0.15) is 37.7 Å². The summed E-state index contributed by atoms with van der Waals surface area (Å²) in [6, 6.07) is 6.31. The highest BCUT2D eigenvalue weighted by molar-refractivity contribution is 5.36. The van der Waals surface area contributed by atoms with Crippen LogP contribution in [-0.2, 0) is 19.3 Å². The number of aromatic nitrogens is 3. The first kappa shape index (κ1) is 13.7. The molecule has 2 aromatic rings. The van der Waals surface area contributed by atoms with Crippen molar-refractivity contribution in [2.45, 2.75) is 46.1 Å². The van der Waals surface area contributed by atoms with E-state index in [2.05, 4.69) is 36.1 Å². The Hall–Kier alpha value is -1.68. The van der Waals surface area contributed by atoms with Crippen molar-refractivity contribution in [3.63, 3.8) is 0 Å². The number of pyridine rings is 1. The largest absolute Gasteiger partial charge is 0.328 e. The van der Waals surface area contributed by atoms with Crippen molar-refractivity contribution in [2.24, 2.45) is 5.73 Å². The lowest BCUT2D eigenvalue weighted by atomic mass is 10.1. The first-order chi connectivity index (χ1) is 9.15. The Morgan fingerprint density at radius 2 is 2.11 bits per heavy atom. The van der Waals surface area contributed by atoms with Gasteiger partial charge in [0.15, 0.2) is 5.82 Å². The maximum Gasteiger partial charge on any atom is 0.156 e. The van der Waals surface area contributed by atoms with Crippen LogP contribution in [0.25, 0.3) is 5.82 Å². The number of aryl methyl sites for hydroxylation is 2. The zero-order valence-electron chi connectivity index (χ0n) is 11.9. The molecule has 0 radical (unpaired) electrons. The van der Waals surface area contributed by atoms with Gasteiger partial charge in [-0.2, -0.15) is 5.10 Å². The van der Waals surface area contributed by atoms with Gasteiger partial charge in [0.05, 0.1) is 5.69 Å². The quantitative estimate of drug-likeness (QED) is 0.895. The first-order valence-electron chi connectivity index (χ1n) is 6.93. The van der Waals surface area contributed by atoms with E-state index in [4.69, 9.17) is 5.73 Å². The van der Waals surface area contributed by atoms with E-state index >= 15 is 0 Å². The fraction of sp³-hybridized carbons (Fsp3) is 0.467. The smallest absolute Gasteiger partial charge is 0.156 e. The number of hydrogen-bond acceptors (Lipinski definition) is 3. The van der Waals surface area contributed by atoms with Gasteiger partial charge in [-0.25, -0.2) is 9.67 Å². The summed E-state index contributed by atoms with van der Waals surface area (Å²) >= 11 is 0. The van der Waals surface area contributed by atoms with Crippen molar-refractivity contribution in [3.05, 3.63) is 41.3 Å². The average molecular weight is 258 g/mol. The fourth-order valence-electron chi connectivity index (χ4n) is 2.21. The third-order valence-electron chi connectivity index (χ3n) is 3.17. The SMILES string of the molecule is CCc1cc(CC)n(-c2ncccc2CC(C)N)n1. The summed E-state index contributed by atoms with van der Waals surface area (Å²) < 4.78 is 1.97. The molecule has 2 aromatic heterocycles. The molecule has 1 unspecified atom stereocenters. The van der Waals surface area contributed by atoms with Gasteiger partial charge in [-0.15, -0.1) is 0 Å². The molecule has 0 aliphatic heterocycles. The van der Waals surface area contributed by atoms with E-state index in [0.29, 0.717) is 0 Å². The molecule has 0 fully saturated rings. The zero-order chi connectivity index (χ0) is 13.8. The van der Waals surface area contributed by atoms with Crippen LogP contribution in [0.3, 0.4) is 0 Å². The summed E-state index contributed by atoms with van der Waals surface area (Å²) in [5.41, 5.74) is 9.37. The summed E-state index contributed by atoms with van der Waals surface area (Å²) in [4.78, 5) is 4.50. The Kier molecular flexibility index (Phi) is 4.32. The normalized spacial score (nSPS) is 12.6. The lowest BCUT2D eigenvalue weighted by Gasteiger charge is -2.12. The molecule has 4 nitrogen and oxygen atoms in total. The molecule has 2 rings (SSSR count). The number of hydrogen-bond donors (Lipinski definition) is 1. The first-order valence-corrected chi connectivity index (χ1v) is 6.93. The van der Waals surface area contributed by atoms with Gasteiger partial charge >= 0.3 is 0 Å². The minimum absolute atomic E-state index is 0.120. The molecule has 19 heavy (non-hydrogen) atoms. The molecule has 0 spiro atoms. The standard InChI is InChI=1S/C15H22N4/c1-4-13-10-14(5-2)19(18-13)15-12(9-11(3)16)7-6-8-17-15/h6-8,10-11H,4-5,9,16H2,1-3H3. The van der Waals surface area contributed by atoms with E-state index in [1.807, 2.05) is 23.9 Å². The molecule has 0 aliphatic carbocycles. The molecule has 2 heterocycles. The third kappa shape index (κ3) is 3.01. The Morgan fingerprint density at radius 3 is 2.74 bits per heavy atom. The Morgan fingerprint density at radius 1 is 1.32 bits per heavy atom.